The van der Waals surface area contributed by atoms with E-state index in [0.29, 0.717) is 5.56 Å². The number of hydrogen-bond donors (Lipinski definition) is 1. The zero-order valence-electron chi connectivity index (χ0n) is 5.74. The third kappa shape index (κ3) is 0.816. The largest absolute Gasteiger partial charge is 0.360 e. The predicted molar refractivity (Wildman–Crippen MR) is 41.5 cm³/mol. The van der Waals surface area contributed by atoms with Crippen molar-refractivity contribution in [1.82, 2.24) is 9.97 Å². The lowest BCUT2D eigenvalue weighted by atomic mass is 10.2. The number of fused-ring (bicyclic) bond motifs is 1. The van der Waals surface area contributed by atoms with Crippen molar-refractivity contribution in [2.75, 3.05) is 0 Å². The second-order valence-corrected chi connectivity index (χ2v) is 2.28. The minimum absolute atomic E-state index is 0.660. The van der Waals surface area contributed by atoms with Crippen molar-refractivity contribution >= 4 is 17.2 Å². The van der Waals surface area contributed by atoms with Crippen LogP contribution in [0.15, 0.2) is 24.7 Å². The van der Waals surface area contributed by atoms with Crippen LogP contribution in [0.25, 0.3) is 10.9 Å². The first kappa shape index (κ1) is 6.09. The first-order valence-corrected chi connectivity index (χ1v) is 3.28. The Bertz CT molecular complexity index is 392. The van der Waals surface area contributed by atoms with Crippen molar-refractivity contribution in [3.63, 3.8) is 0 Å². The van der Waals surface area contributed by atoms with Crippen molar-refractivity contribution in [3.05, 3.63) is 30.2 Å². The number of pyridine rings is 1. The van der Waals surface area contributed by atoms with Crippen LogP contribution in [0.1, 0.15) is 10.4 Å². The summed E-state index contributed by atoms with van der Waals surface area (Å²) in [7, 11) is 0. The molecule has 0 radical (unpaired) electrons. The van der Waals surface area contributed by atoms with E-state index in [4.69, 9.17) is 0 Å². The Morgan fingerprint density at radius 2 is 2.45 bits per heavy atom. The number of hydrogen-bond acceptors (Lipinski definition) is 2. The standard InChI is InChI=1S/C8H6N2O/c11-5-6-3-10-8-1-2-9-4-7(6)8/h1-5,10H. The summed E-state index contributed by atoms with van der Waals surface area (Å²) in [4.78, 5) is 17.3. The second kappa shape index (κ2) is 2.20. The van der Waals surface area contributed by atoms with Crippen LogP contribution >= 0.6 is 0 Å². The van der Waals surface area contributed by atoms with E-state index < -0.39 is 0 Å². The van der Waals surface area contributed by atoms with Gasteiger partial charge in [-0.3, -0.25) is 9.78 Å². The van der Waals surface area contributed by atoms with Gasteiger partial charge >= 0.3 is 0 Å². The molecule has 2 rings (SSSR count). The summed E-state index contributed by atoms with van der Waals surface area (Å²) in [5.74, 6) is 0. The summed E-state index contributed by atoms with van der Waals surface area (Å²) in [5, 5.41) is 0.877. The van der Waals surface area contributed by atoms with Gasteiger partial charge < -0.3 is 4.98 Å². The summed E-state index contributed by atoms with van der Waals surface area (Å²) in [6, 6.07) is 1.84. The first-order chi connectivity index (χ1) is 5.42. The van der Waals surface area contributed by atoms with E-state index in [9.17, 15) is 4.79 Å². The molecule has 0 fully saturated rings. The number of carbonyl (C=O) groups excluding carboxylic acids is 1. The number of H-pyrrole nitrogens is 1. The number of nitrogens with zero attached hydrogens (tertiary/aromatic N) is 1. The molecule has 0 aromatic carbocycles. The van der Waals surface area contributed by atoms with Crippen molar-refractivity contribution < 1.29 is 4.79 Å². The highest BCUT2D eigenvalue weighted by atomic mass is 16.1. The van der Waals surface area contributed by atoms with Crippen LogP contribution in [-0.2, 0) is 0 Å². The van der Waals surface area contributed by atoms with Gasteiger partial charge in [-0.05, 0) is 6.07 Å². The highest BCUT2D eigenvalue weighted by molar-refractivity contribution is 5.96. The molecule has 0 atom stereocenters. The minimum atomic E-state index is 0.660. The number of nitrogens with one attached hydrogen (secondary N) is 1. The average Bonchev–Trinajstić information content (AvgIpc) is 2.47. The third-order valence-electron chi connectivity index (χ3n) is 1.64. The van der Waals surface area contributed by atoms with E-state index in [-0.39, 0.29) is 0 Å². The molecule has 0 bridgehead atoms. The van der Waals surface area contributed by atoms with Gasteiger partial charge in [0.05, 0.1) is 0 Å². The molecule has 0 unspecified atom stereocenters. The highest BCUT2D eigenvalue weighted by Gasteiger charge is 1.99. The quantitative estimate of drug-likeness (QED) is 0.617. The molecular formula is C8H6N2O. The van der Waals surface area contributed by atoms with Crippen LogP contribution in [0.4, 0.5) is 0 Å². The van der Waals surface area contributed by atoms with Gasteiger partial charge in [0.1, 0.15) is 0 Å². The molecule has 11 heavy (non-hydrogen) atoms. The SMILES string of the molecule is O=Cc1c[nH]c2ccncc12. The lowest BCUT2D eigenvalue weighted by Gasteiger charge is -1.85. The van der Waals surface area contributed by atoms with E-state index in [0.717, 1.165) is 17.2 Å². The Hall–Kier alpha value is -1.64. The van der Waals surface area contributed by atoms with Crippen LogP contribution in [0.5, 0.6) is 0 Å². The lowest BCUT2D eigenvalue weighted by molar-refractivity contribution is 0.112. The normalized spacial score (nSPS) is 10.2. The summed E-state index contributed by atoms with van der Waals surface area (Å²) in [6.45, 7) is 0. The molecule has 0 aliphatic heterocycles. The van der Waals surface area contributed by atoms with Gasteiger partial charge in [-0.1, -0.05) is 0 Å². The molecule has 2 heterocycles. The third-order valence-corrected chi connectivity index (χ3v) is 1.64. The lowest BCUT2D eigenvalue weighted by Crippen LogP contribution is -1.75. The molecule has 2 aromatic rings. The van der Waals surface area contributed by atoms with Crippen LogP contribution < -0.4 is 0 Å². The molecule has 54 valence electrons. The van der Waals surface area contributed by atoms with Crippen LogP contribution in [0.2, 0.25) is 0 Å². The summed E-state index contributed by atoms with van der Waals surface area (Å²) >= 11 is 0. The molecule has 0 aliphatic carbocycles. The van der Waals surface area contributed by atoms with Gasteiger partial charge in [-0.25, -0.2) is 0 Å². The highest BCUT2D eigenvalue weighted by Crippen LogP contribution is 2.13. The summed E-state index contributed by atoms with van der Waals surface area (Å²) in [6.07, 6.45) is 5.86. The van der Waals surface area contributed by atoms with Crippen LogP contribution in [0, 0.1) is 0 Å². The van der Waals surface area contributed by atoms with Gasteiger partial charge in [-0.2, -0.15) is 0 Å². The number of rotatable bonds is 1. The van der Waals surface area contributed by atoms with Gasteiger partial charge in [0, 0.05) is 35.1 Å². The molecule has 2 aromatic heterocycles. The number of aromatic nitrogens is 2. The van der Waals surface area contributed by atoms with Crippen molar-refractivity contribution in [2.45, 2.75) is 0 Å². The fourth-order valence-electron chi connectivity index (χ4n) is 1.08. The molecule has 3 nitrogen and oxygen atoms in total. The smallest absolute Gasteiger partial charge is 0.152 e. The Kier molecular flexibility index (Phi) is 1.22. The zero-order chi connectivity index (χ0) is 7.68. The Morgan fingerprint density at radius 3 is 3.27 bits per heavy atom. The van der Waals surface area contributed by atoms with E-state index >= 15 is 0 Å². The molecule has 0 saturated carbocycles. The molecule has 0 aliphatic rings. The molecule has 0 saturated heterocycles. The van der Waals surface area contributed by atoms with Crippen molar-refractivity contribution in [1.29, 1.82) is 0 Å². The first-order valence-electron chi connectivity index (χ1n) is 3.28. The zero-order valence-corrected chi connectivity index (χ0v) is 5.74. The fourth-order valence-corrected chi connectivity index (χ4v) is 1.08. The van der Waals surface area contributed by atoms with Crippen LogP contribution in [0.3, 0.4) is 0 Å². The molecule has 0 amide bonds. The Morgan fingerprint density at radius 1 is 1.55 bits per heavy atom. The summed E-state index contributed by atoms with van der Waals surface area (Å²) < 4.78 is 0. The van der Waals surface area contributed by atoms with Crippen molar-refractivity contribution in [2.24, 2.45) is 0 Å². The van der Waals surface area contributed by atoms with E-state index in [2.05, 4.69) is 9.97 Å². The topological polar surface area (TPSA) is 45.8 Å². The number of aldehydes is 1. The van der Waals surface area contributed by atoms with E-state index in [1.165, 1.54) is 0 Å². The maximum atomic E-state index is 10.4. The number of aromatic amines is 1. The van der Waals surface area contributed by atoms with Crippen molar-refractivity contribution in [3.8, 4) is 0 Å². The van der Waals surface area contributed by atoms with Gasteiger partial charge in [0.15, 0.2) is 6.29 Å². The molecule has 1 N–H and O–H groups in total. The molecule has 3 heteroatoms. The minimum Gasteiger partial charge on any atom is -0.360 e. The van der Waals surface area contributed by atoms with E-state index in [1.54, 1.807) is 18.6 Å². The van der Waals surface area contributed by atoms with Gasteiger partial charge in [0.25, 0.3) is 0 Å². The monoisotopic (exact) mass is 146 g/mol. The maximum Gasteiger partial charge on any atom is 0.152 e. The fraction of sp³-hybridized carbons (Fsp3) is 0. The molecule has 0 spiro atoms. The average molecular weight is 146 g/mol. The van der Waals surface area contributed by atoms with E-state index in [1.807, 2.05) is 6.07 Å². The molecular weight excluding hydrogens is 140 g/mol. The van der Waals surface area contributed by atoms with Gasteiger partial charge in [-0.15, -0.1) is 0 Å². The Labute approximate surface area is 63.1 Å². The van der Waals surface area contributed by atoms with Crippen LogP contribution in [-0.4, -0.2) is 16.3 Å². The Balaban J connectivity index is 2.86. The second-order valence-electron chi connectivity index (χ2n) is 2.28. The predicted octanol–water partition coefficient (Wildman–Crippen LogP) is 1.38. The maximum absolute atomic E-state index is 10.4. The summed E-state index contributed by atoms with van der Waals surface area (Å²) in [5.41, 5.74) is 1.61. The van der Waals surface area contributed by atoms with Gasteiger partial charge in [0.2, 0.25) is 0 Å². The number of carbonyl (C=O) groups is 1.